The number of halogens is 3. The molecule has 1 fully saturated rings. The molecule has 1 aliphatic rings. The Morgan fingerprint density at radius 2 is 2.18 bits per heavy atom. The SMILES string of the molecule is C[C@H]1C[C@@H](N)CCN1C(=O)COc1cccc(C(F)(F)F)c1. The number of benzene rings is 1. The zero-order valence-corrected chi connectivity index (χ0v) is 12.3. The van der Waals surface area contributed by atoms with Gasteiger partial charge in [0.05, 0.1) is 5.56 Å². The number of amides is 1. The third-order valence-corrected chi connectivity index (χ3v) is 3.76. The number of hydrogen-bond acceptors (Lipinski definition) is 3. The summed E-state index contributed by atoms with van der Waals surface area (Å²) in [4.78, 5) is 13.8. The zero-order valence-electron chi connectivity index (χ0n) is 12.3. The Hall–Kier alpha value is -1.76. The van der Waals surface area contributed by atoms with Crippen molar-refractivity contribution in [2.45, 2.75) is 38.0 Å². The van der Waals surface area contributed by atoms with Gasteiger partial charge in [0, 0.05) is 18.6 Å². The highest BCUT2D eigenvalue weighted by Crippen LogP contribution is 2.31. The van der Waals surface area contributed by atoms with Crippen LogP contribution >= 0.6 is 0 Å². The Morgan fingerprint density at radius 1 is 1.45 bits per heavy atom. The molecule has 2 N–H and O–H groups in total. The second-order valence-electron chi connectivity index (χ2n) is 5.53. The van der Waals surface area contributed by atoms with E-state index in [1.54, 1.807) is 4.90 Å². The van der Waals surface area contributed by atoms with Gasteiger partial charge < -0.3 is 15.4 Å². The maximum absolute atomic E-state index is 12.6. The van der Waals surface area contributed by atoms with Crippen molar-refractivity contribution < 1.29 is 22.7 Å². The number of carbonyl (C=O) groups excluding carboxylic acids is 1. The first-order valence-corrected chi connectivity index (χ1v) is 7.12. The van der Waals surface area contributed by atoms with E-state index in [1.165, 1.54) is 12.1 Å². The number of alkyl halides is 3. The molecule has 0 saturated carbocycles. The molecule has 0 radical (unpaired) electrons. The van der Waals surface area contributed by atoms with Crippen LogP contribution in [0.25, 0.3) is 0 Å². The van der Waals surface area contributed by atoms with Crippen molar-refractivity contribution in [3.8, 4) is 5.75 Å². The van der Waals surface area contributed by atoms with Crippen LogP contribution in [0.15, 0.2) is 24.3 Å². The van der Waals surface area contributed by atoms with Crippen LogP contribution in [0.2, 0.25) is 0 Å². The number of rotatable bonds is 3. The molecule has 7 heteroatoms. The molecule has 1 aromatic carbocycles. The van der Waals surface area contributed by atoms with E-state index < -0.39 is 11.7 Å². The molecule has 2 rings (SSSR count). The maximum Gasteiger partial charge on any atom is 0.416 e. The fourth-order valence-corrected chi connectivity index (χ4v) is 2.57. The summed E-state index contributed by atoms with van der Waals surface area (Å²) in [6, 6.07) is 4.61. The van der Waals surface area contributed by atoms with Crippen LogP contribution < -0.4 is 10.5 Å². The van der Waals surface area contributed by atoms with E-state index in [-0.39, 0.29) is 30.3 Å². The summed E-state index contributed by atoms with van der Waals surface area (Å²) in [5, 5.41) is 0. The minimum absolute atomic E-state index is 0.0151. The number of likely N-dealkylation sites (tertiary alicyclic amines) is 1. The van der Waals surface area contributed by atoms with E-state index in [0.717, 1.165) is 25.0 Å². The van der Waals surface area contributed by atoms with Crippen LogP contribution in [0.5, 0.6) is 5.75 Å². The number of carbonyl (C=O) groups is 1. The summed E-state index contributed by atoms with van der Waals surface area (Å²) in [5.41, 5.74) is 5.04. The average Bonchev–Trinajstić information content (AvgIpc) is 2.44. The first kappa shape index (κ1) is 16.6. The molecule has 0 aliphatic carbocycles. The summed E-state index contributed by atoms with van der Waals surface area (Å²) in [6.07, 6.45) is -2.99. The highest BCUT2D eigenvalue weighted by atomic mass is 19.4. The lowest BCUT2D eigenvalue weighted by molar-refractivity contribution is -0.137. The highest BCUT2D eigenvalue weighted by Gasteiger charge is 2.31. The van der Waals surface area contributed by atoms with Crippen LogP contribution in [-0.4, -0.2) is 36.0 Å². The number of hydrogen-bond donors (Lipinski definition) is 1. The summed E-state index contributed by atoms with van der Waals surface area (Å²) < 4.78 is 43.0. The van der Waals surface area contributed by atoms with Gasteiger partial charge in [0.25, 0.3) is 5.91 Å². The molecule has 1 aliphatic heterocycles. The molecular formula is C15H19F3N2O2. The van der Waals surface area contributed by atoms with E-state index >= 15 is 0 Å². The van der Waals surface area contributed by atoms with Gasteiger partial charge in [-0.1, -0.05) is 6.07 Å². The van der Waals surface area contributed by atoms with Crippen molar-refractivity contribution in [1.82, 2.24) is 4.90 Å². The summed E-state index contributed by atoms with van der Waals surface area (Å²) in [7, 11) is 0. The topological polar surface area (TPSA) is 55.6 Å². The van der Waals surface area contributed by atoms with E-state index in [9.17, 15) is 18.0 Å². The Morgan fingerprint density at radius 3 is 2.82 bits per heavy atom. The van der Waals surface area contributed by atoms with Gasteiger partial charge in [0.2, 0.25) is 0 Å². The number of ether oxygens (including phenoxy) is 1. The number of nitrogens with zero attached hydrogens (tertiary/aromatic N) is 1. The molecule has 0 aromatic heterocycles. The minimum Gasteiger partial charge on any atom is -0.484 e. The van der Waals surface area contributed by atoms with E-state index in [1.807, 2.05) is 6.92 Å². The molecule has 1 amide bonds. The normalized spacial score (nSPS) is 22.5. The molecule has 22 heavy (non-hydrogen) atoms. The van der Waals surface area contributed by atoms with Gasteiger partial charge in [0.15, 0.2) is 6.61 Å². The molecule has 4 nitrogen and oxygen atoms in total. The number of piperidine rings is 1. The second-order valence-corrected chi connectivity index (χ2v) is 5.53. The van der Waals surface area contributed by atoms with Crippen molar-refractivity contribution in [3.05, 3.63) is 29.8 Å². The average molecular weight is 316 g/mol. The third-order valence-electron chi connectivity index (χ3n) is 3.76. The van der Waals surface area contributed by atoms with E-state index in [0.29, 0.717) is 6.54 Å². The predicted molar refractivity (Wildman–Crippen MR) is 75.3 cm³/mol. The largest absolute Gasteiger partial charge is 0.484 e. The molecule has 1 saturated heterocycles. The summed E-state index contributed by atoms with van der Waals surface area (Å²) in [5.74, 6) is -0.207. The third kappa shape index (κ3) is 4.13. The lowest BCUT2D eigenvalue weighted by atomic mass is 9.99. The smallest absolute Gasteiger partial charge is 0.416 e. The summed E-state index contributed by atoms with van der Waals surface area (Å²) in [6.45, 7) is 2.18. The van der Waals surface area contributed by atoms with Crippen molar-refractivity contribution in [1.29, 1.82) is 0 Å². The highest BCUT2D eigenvalue weighted by molar-refractivity contribution is 5.78. The lowest BCUT2D eigenvalue weighted by Gasteiger charge is -2.36. The van der Waals surface area contributed by atoms with Gasteiger partial charge in [-0.05, 0) is 38.0 Å². The summed E-state index contributed by atoms with van der Waals surface area (Å²) >= 11 is 0. The molecular weight excluding hydrogens is 297 g/mol. The van der Waals surface area contributed by atoms with Crippen molar-refractivity contribution in [2.24, 2.45) is 5.73 Å². The van der Waals surface area contributed by atoms with Gasteiger partial charge in [-0.2, -0.15) is 13.2 Å². The van der Waals surface area contributed by atoms with Crippen LogP contribution in [-0.2, 0) is 11.0 Å². The second kappa shape index (κ2) is 6.56. The van der Waals surface area contributed by atoms with E-state index in [4.69, 9.17) is 10.5 Å². The first-order valence-electron chi connectivity index (χ1n) is 7.12. The minimum atomic E-state index is -4.43. The molecule has 122 valence electrons. The molecule has 0 spiro atoms. The lowest BCUT2D eigenvalue weighted by Crippen LogP contribution is -2.49. The van der Waals surface area contributed by atoms with Crippen LogP contribution in [0, 0.1) is 0 Å². The van der Waals surface area contributed by atoms with Gasteiger partial charge in [-0.15, -0.1) is 0 Å². The van der Waals surface area contributed by atoms with Gasteiger partial charge in [-0.3, -0.25) is 4.79 Å². The maximum atomic E-state index is 12.6. The fourth-order valence-electron chi connectivity index (χ4n) is 2.57. The standard InChI is InChI=1S/C15H19F3N2O2/c1-10-7-12(19)5-6-20(10)14(21)9-22-13-4-2-3-11(8-13)15(16,17)18/h2-4,8,10,12H,5-7,9,19H2,1H3/t10-,12-/m0/s1. The number of nitrogens with two attached hydrogens (primary N) is 1. The van der Waals surface area contributed by atoms with E-state index in [2.05, 4.69) is 0 Å². The van der Waals surface area contributed by atoms with Gasteiger partial charge >= 0.3 is 6.18 Å². The molecule has 0 bridgehead atoms. The van der Waals surface area contributed by atoms with Crippen molar-refractivity contribution in [2.75, 3.05) is 13.2 Å². The van der Waals surface area contributed by atoms with Crippen molar-refractivity contribution in [3.63, 3.8) is 0 Å². The van der Waals surface area contributed by atoms with Gasteiger partial charge in [-0.25, -0.2) is 0 Å². The Bertz CT molecular complexity index is 534. The van der Waals surface area contributed by atoms with Crippen LogP contribution in [0.3, 0.4) is 0 Å². The fraction of sp³-hybridized carbons (Fsp3) is 0.533. The Kier molecular flexibility index (Phi) is 4.95. The molecule has 1 heterocycles. The molecule has 1 aromatic rings. The van der Waals surface area contributed by atoms with Crippen LogP contribution in [0.4, 0.5) is 13.2 Å². The van der Waals surface area contributed by atoms with Crippen LogP contribution in [0.1, 0.15) is 25.3 Å². The molecule has 2 atom stereocenters. The molecule has 0 unspecified atom stereocenters. The van der Waals surface area contributed by atoms with Gasteiger partial charge in [0.1, 0.15) is 5.75 Å². The quantitative estimate of drug-likeness (QED) is 0.932. The Balaban J connectivity index is 1.94. The first-order chi connectivity index (χ1) is 10.3. The Labute approximate surface area is 127 Å². The monoisotopic (exact) mass is 316 g/mol. The van der Waals surface area contributed by atoms with Crippen molar-refractivity contribution >= 4 is 5.91 Å². The zero-order chi connectivity index (χ0) is 16.3. The predicted octanol–water partition coefficient (Wildman–Crippen LogP) is 2.42.